The van der Waals surface area contributed by atoms with Crippen molar-refractivity contribution in [1.82, 2.24) is 5.32 Å². The standard InChI is InChI=1S/C19H27N3O4/c1-12(2)10-16(23)21-17(13(3)4)18(24)20-14-6-5-7-15(11-14)22-8-9-26-19(22)25/h5-7,11-13,17H,8-10H2,1-4H3,(H,20,24)(H,21,23)/t17-/m1/s1. The van der Waals surface area contributed by atoms with Gasteiger partial charge in [0.15, 0.2) is 0 Å². The first kappa shape index (κ1) is 19.8. The van der Waals surface area contributed by atoms with Crippen LogP contribution in [-0.2, 0) is 14.3 Å². The fourth-order valence-corrected chi connectivity index (χ4v) is 2.74. The number of carbonyl (C=O) groups excluding carboxylic acids is 3. The fourth-order valence-electron chi connectivity index (χ4n) is 2.74. The average molecular weight is 361 g/mol. The number of cyclic esters (lactones) is 1. The number of ether oxygens (including phenoxy) is 1. The number of hydrogen-bond donors (Lipinski definition) is 2. The van der Waals surface area contributed by atoms with Crippen LogP contribution in [0.4, 0.5) is 16.2 Å². The maximum Gasteiger partial charge on any atom is 0.414 e. The summed E-state index contributed by atoms with van der Waals surface area (Å²) in [6, 6.07) is 6.39. The molecule has 1 aliphatic rings. The topological polar surface area (TPSA) is 87.7 Å². The predicted molar refractivity (Wildman–Crippen MR) is 100.0 cm³/mol. The smallest absolute Gasteiger partial charge is 0.414 e. The van der Waals surface area contributed by atoms with Crippen molar-refractivity contribution < 1.29 is 19.1 Å². The van der Waals surface area contributed by atoms with Gasteiger partial charge in [0.05, 0.1) is 6.54 Å². The Balaban J connectivity index is 2.06. The first-order valence-electron chi connectivity index (χ1n) is 8.92. The van der Waals surface area contributed by atoms with Crippen LogP contribution in [0.3, 0.4) is 0 Å². The number of carbonyl (C=O) groups is 3. The minimum absolute atomic E-state index is 0.0529. The molecule has 1 aliphatic heterocycles. The van der Waals surface area contributed by atoms with E-state index >= 15 is 0 Å². The third-order valence-corrected chi connectivity index (χ3v) is 4.05. The molecule has 1 heterocycles. The predicted octanol–water partition coefficient (Wildman–Crippen LogP) is 2.77. The molecule has 142 valence electrons. The molecule has 7 nitrogen and oxygen atoms in total. The summed E-state index contributed by atoms with van der Waals surface area (Å²) < 4.78 is 4.94. The van der Waals surface area contributed by atoms with Crippen molar-refractivity contribution in [2.75, 3.05) is 23.4 Å². The lowest BCUT2D eigenvalue weighted by atomic mass is 10.0. The van der Waals surface area contributed by atoms with Gasteiger partial charge in [0.1, 0.15) is 12.6 Å². The molecule has 1 aromatic carbocycles. The summed E-state index contributed by atoms with van der Waals surface area (Å²) in [6.07, 6.45) is -0.0160. The Bertz CT molecular complexity index is 673. The van der Waals surface area contributed by atoms with Gasteiger partial charge in [-0.3, -0.25) is 14.5 Å². The van der Waals surface area contributed by atoms with Gasteiger partial charge in [-0.15, -0.1) is 0 Å². The molecule has 0 saturated carbocycles. The molecule has 7 heteroatoms. The molecule has 3 amide bonds. The van der Waals surface area contributed by atoms with Crippen molar-refractivity contribution in [1.29, 1.82) is 0 Å². The third-order valence-electron chi connectivity index (χ3n) is 4.05. The van der Waals surface area contributed by atoms with Crippen molar-refractivity contribution in [2.24, 2.45) is 11.8 Å². The summed E-state index contributed by atoms with van der Waals surface area (Å²) in [4.78, 5) is 37.9. The van der Waals surface area contributed by atoms with Gasteiger partial charge in [0.25, 0.3) is 0 Å². The van der Waals surface area contributed by atoms with Gasteiger partial charge >= 0.3 is 6.09 Å². The monoisotopic (exact) mass is 361 g/mol. The summed E-state index contributed by atoms with van der Waals surface area (Å²) in [5.74, 6) is -0.244. The molecular formula is C19H27N3O4. The highest BCUT2D eigenvalue weighted by Gasteiger charge is 2.26. The minimum atomic E-state index is -0.623. The van der Waals surface area contributed by atoms with Crippen LogP contribution in [0.2, 0.25) is 0 Å². The summed E-state index contributed by atoms with van der Waals surface area (Å²) in [5.41, 5.74) is 1.23. The van der Waals surface area contributed by atoms with Crippen LogP contribution < -0.4 is 15.5 Å². The van der Waals surface area contributed by atoms with E-state index in [4.69, 9.17) is 4.74 Å². The van der Waals surface area contributed by atoms with Crippen LogP contribution in [-0.4, -0.2) is 37.1 Å². The Morgan fingerprint density at radius 3 is 2.54 bits per heavy atom. The van der Waals surface area contributed by atoms with Gasteiger partial charge in [-0.2, -0.15) is 0 Å². The zero-order valence-corrected chi connectivity index (χ0v) is 15.7. The molecule has 2 rings (SSSR count). The molecule has 1 aromatic rings. The van der Waals surface area contributed by atoms with Gasteiger partial charge in [-0.1, -0.05) is 33.8 Å². The van der Waals surface area contributed by atoms with Gasteiger partial charge in [0.2, 0.25) is 11.8 Å². The maximum atomic E-state index is 12.6. The molecule has 1 saturated heterocycles. The van der Waals surface area contributed by atoms with Crippen LogP contribution in [0.5, 0.6) is 0 Å². The second-order valence-corrected chi connectivity index (χ2v) is 7.19. The van der Waals surface area contributed by atoms with Crippen molar-refractivity contribution in [2.45, 2.75) is 40.2 Å². The fraction of sp³-hybridized carbons (Fsp3) is 0.526. The summed E-state index contributed by atoms with van der Waals surface area (Å²) >= 11 is 0. The number of rotatable bonds is 7. The number of anilines is 2. The lowest BCUT2D eigenvalue weighted by Crippen LogP contribution is -2.47. The van der Waals surface area contributed by atoms with Crippen molar-refractivity contribution in [3.05, 3.63) is 24.3 Å². The summed E-state index contributed by atoms with van der Waals surface area (Å²) in [7, 11) is 0. The molecule has 0 radical (unpaired) electrons. The van der Waals surface area contributed by atoms with E-state index < -0.39 is 12.1 Å². The lowest BCUT2D eigenvalue weighted by Gasteiger charge is -2.22. The van der Waals surface area contributed by atoms with E-state index in [9.17, 15) is 14.4 Å². The molecule has 0 spiro atoms. The van der Waals surface area contributed by atoms with E-state index in [1.807, 2.05) is 27.7 Å². The molecule has 0 aromatic heterocycles. The molecule has 1 atom stereocenters. The Morgan fingerprint density at radius 2 is 1.96 bits per heavy atom. The highest BCUT2D eigenvalue weighted by molar-refractivity contribution is 5.98. The number of amides is 3. The zero-order chi connectivity index (χ0) is 19.3. The third kappa shape index (κ3) is 5.21. The van der Waals surface area contributed by atoms with Crippen LogP contribution in [0.1, 0.15) is 34.1 Å². The SMILES string of the molecule is CC(C)CC(=O)N[C@@H](C(=O)Nc1cccc(N2CCOC2=O)c1)C(C)C. The van der Waals surface area contributed by atoms with Gasteiger partial charge in [-0.25, -0.2) is 4.79 Å². The first-order valence-corrected chi connectivity index (χ1v) is 8.92. The molecule has 0 aliphatic carbocycles. The van der Waals surface area contributed by atoms with E-state index in [0.29, 0.717) is 30.9 Å². The molecule has 0 unspecified atom stereocenters. The van der Waals surface area contributed by atoms with Crippen molar-refractivity contribution in [3.8, 4) is 0 Å². The average Bonchev–Trinajstić information content (AvgIpc) is 2.98. The van der Waals surface area contributed by atoms with E-state index in [-0.39, 0.29) is 23.7 Å². The van der Waals surface area contributed by atoms with E-state index in [1.165, 1.54) is 4.90 Å². The molecule has 0 bridgehead atoms. The second-order valence-electron chi connectivity index (χ2n) is 7.19. The Kier molecular flexibility index (Phi) is 6.60. The van der Waals surface area contributed by atoms with Gasteiger partial charge < -0.3 is 15.4 Å². The van der Waals surface area contributed by atoms with Crippen LogP contribution in [0.15, 0.2) is 24.3 Å². The normalized spacial score (nSPS) is 15.2. The van der Waals surface area contributed by atoms with Gasteiger partial charge in [-0.05, 0) is 30.0 Å². The molecule has 1 fully saturated rings. The highest BCUT2D eigenvalue weighted by atomic mass is 16.6. The Morgan fingerprint density at radius 1 is 1.23 bits per heavy atom. The number of hydrogen-bond acceptors (Lipinski definition) is 4. The molecule has 26 heavy (non-hydrogen) atoms. The largest absolute Gasteiger partial charge is 0.447 e. The number of nitrogens with zero attached hydrogens (tertiary/aromatic N) is 1. The highest BCUT2D eigenvalue weighted by Crippen LogP contribution is 2.22. The van der Waals surface area contributed by atoms with Crippen LogP contribution in [0.25, 0.3) is 0 Å². The van der Waals surface area contributed by atoms with Crippen LogP contribution in [0, 0.1) is 11.8 Å². The van der Waals surface area contributed by atoms with Crippen molar-refractivity contribution >= 4 is 29.3 Å². The van der Waals surface area contributed by atoms with Crippen molar-refractivity contribution in [3.63, 3.8) is 0 Å². The first-order chi connectivity index (χ1) is 12.3. The lowest BCUT2D eigenvalue weighted by molar-refractivity contribution is -0.127. The second kappa shape index (κ2) is 8.69. The zero-order valence-electron chi connectivity index (χ0n) is 15.7. The Labute approximate surface area is 154 Å². The maximum absolute atomic E-state index is 12.6. The quantitative estimate of drug-likeness (QED) is 0.782. The summed E-state index contributed by atoms with van der Waals surface area (Å²) in [5, 5.41) is 5.64. The van der Waals surface area contributed by atoms with E-state index in [0.717, 1.165) is 0 Å². The number of nitrogens with one attached hydrogen (secondary N) is 2. The molecule has 2 N–H and O–H groups in total. The Hall–Kier alpha value is -2.57. The van der Waals surface area contributed by atoms with E-state index in [2.05, 4.69) is 10.6 Å². The van der Waals surface area contributed by atoms with Gasteiger partial charge in [0, 0.05) is 17.8 Å². The minimum Gasteiger partial charge on any atom is -0.447 e. The summed E-state index contributed by atoms with van der Waals surface area (Å²) in [6.45, 7) is 8.52. The van der Waals surface area contributed by atoms with E-state index in [1.54, 1.807) is 24.3 Å². The number of benzene rings is 1. The molecular weight excluding hydrogens is 334 g/mol. The van der Waals surface area contributed by atoms with Crippen LogP contribution >= 0.6 is 0 Å².